The Morgan fingerprint density at radius 1 is 0.963 bits per heavy atom. The van der Waals surface area contributed by atoms with Gasteiger partial charge in [-0.05, 0) is 0 Å². The van der Waals surface area contributed by atoms with Crippen molar-refractivity contribution in [2.75, 3.05) is 21.3 Å². The van der Waals surface area contributed by atoms with Crippen LogP contribution in [-0.4, -0.2) is 42.3 Å². The van der Waals surface area contributed by atoms with E-state index in [9.17, 15) is 4.79 Å². The second-order valence-electron chi connectivity index (χ2n) is 5.57. The zero-order valence-corrected chi connectivity index (χ0v) is 17.5. The molecule has 0 unspecified atom stereocenters. The Labute approximate surface area is 167 Å². The maximum absolute atomic E-state index is 11.5. The van der Waals surface area contributed by atoms with E-state index in [1.165, 1.54) is 17.6 Å². The van der Waals surface area contributed by atoms with E-state index in [0.717, 1.165) is 22.9 Å². The van der Waals surface area contributed by atoms with Gasteiger partial charge in [-0.15, -0.1) is 0 Å². The molecule has 0 aliphatic rings. The van der Waals surface area contributed by atoms with E-state index in [4.69, 9.17) is 14.2 Å². The molecule has 27 heavy (non-hydrogen) atoms. The van der Waals surface area contributed by atoms with Crippen LogP contribution in [0.2, 0.25) is 5.32 Å². The number of esters is 1. The molecule has 0 N–H and O–H groups in total. The normalized spacial score (nSPS) is 11.4. The van der Waals surface area contributed by atoms with E-state index in [2.05, 4.69) is 24.3 Å². The van der Waals surface area contributed by atoms with Gasteiger partial charge in [-0.1, -0.05) is 0 Å². The van der Waals surface area contributed by atoms with Gasteiger partial charge in [-0.3, -0.25) is 0 Å². The summed E-state index contributed by atoms with van der Waals surface area (Å²) in [4.78, 5) is 11.5. The molecule has 0 spiro atoms. The molecule has 0 amide bonds. The van der Waals surface area contributed by atoms with E-state index < -0.39 is 0 Å². The summed E-state index contributed by atoms with van der Waals surface area (Å²) in [7, 11) is 4.61. The van der Waals surface area contributed by atoms with Crippen molar-refractivity contribution in [1.82, 2.24) is 0 Å². The van der Waals surface area contributed by atoms with E-state index >= 15 is 0 Å². The second kappa shape index (κ2) is 11.3. The average Bonchev–Trinajstić information content (AvgIpc) is 2.72. The van der Waals surface area contributed by atoms with Crippen molar-refractivity contribution in [2.45, 2.75) is 11.7 Å². The van der Waals surface area contributed by atoms with Gasteiger partial charge in [0.15, 0.2) is 0 Å². The average molecular weight is 431 g/mol. The van der Waals surface area contributed by atoms with Crippen LogP contribution < -0.4 is 13.9 Å². The van der Waals surface area contributed by atoms with Crippen LogP contribution in [0.15, 0.2) is 66.3 Å². The summed E-state index contributed by atoms with van der Waals surface area (Å²) in [6, 6.07) is 16.2. The summed E-state index contributed by atoms with van der Waals surface area (Å²) in [5.74, 6) is 0.987. The van der Waals surface area contributed by atoms with Crippen molar-refractivity contribution >= 4 is 31.5 Å². The van der Waals surface area contributed by atoms with Gasteiger partial charge in [0.05, 0.1) is 0 Å². The molecule has 2 rings (SSSR count). The fraction of sp³-hybridized carbons (Fsp3) is 0.227. The minimum absolute atomic E-state index is 0.368. The topological polar surface area (TPSA) is 44.8 Å². The Hall–Kier alpha value is -2.49. The van der Waals surface area contributed by atoms with Crippen LogP contribution in [-0.2, 0) is 9.53 Å². The minimum atomic E-state index is -0.368. The molecule has 0 fully saturated rings. The first-order chi connectivity index (χ1) is 13.2. The molecule has 0 radical (unpaired) electrons. The van der Waals surface area contributed by atoms with Crippen molar-refractivity contribution in [3.63, 3.8) is 0 Å². The molecule has 0 bridgehead atoms. The summed E-state index contributed by atoms with van der Waals surface area (Å²) in [5, 5.41) is 1.03. The molecule has 0 saturated carbocycles. The van der Waals surface area contributed by atoms with Gasteiger partial charge in [0.25, 0.3) is 0 Å². The fourth-order valence-electron chi connectivity index (χ4n) is 2.48. The SMILES string of the molecule is COC(=O)/C=C/C(=C/c1cccc(OC)c1OC)CC[Se]c1ccccc1. The Morgan fingerprint density at radius 3 is 2.41 bits per heavy atom. The van der Waals surface area contributed by atoms with Crippen LogP contribution >= 0.6 is 0 Å². The Kier molecular flexibility index (Phi) is 8.69. The first-order valence-electron chi connectivity index (χ1n) is 8.53. The molecule has 0 aliphatic heterocycles. The number of para-hydroxylation sites is 1. The van der Waals surface area contributed by atoms with E-state index in [-0.39, 0.29) is 5.97 Å². The summed E-state index contributed by atoms with van der Waals surface area (Å²) in [6.45, 7) is 0. The Morgan fingerprint density at radius 2 is 1.74 bits per heavy atom. The van der Waals surface area contributed by atoms with Crippen LogP contribution in [0.4, 0.5) is 0 Å². The number of rotatable bonds is 9. The summed E-state index contributed by atoms with van der Waals surface area (Å²) in [5.41, 5.74) is 1.94. The molecule has 0 atom stereocenters. The Balaban J connectivity index is 2.22. The Bertz CT molecular complexity index is 797. The van der Waals surface area contributed by atoms with E-state index in [1.807, 2.05) is 36.4 Å². The first-order valence-corrected chi connectivity index (χ1v) is 10.6. The van der Waals surface area contributed by atoms with Crippen molar-refractivity contribution in [3.05, 3.63) is 71.8 Å². The van der Waals surface area contributed by atoms with Crippen molar-refractivity contribution in [3.8, 4) is 11.5 Å². The summed E-state index contributed by atoms with van der Waals surface area (Å²) >= 11 is 0.373. The molecule has 0 saturated heterocycles. The van der Waals surface area contributed by atoms with E-state index in [1.54, 1.807) is 14.2 Å². The maximum atomic E-state index is 11.5. The van der Waals surface area contributed by atoms with E-state index in [0.29, 0.717) is 26.5 Å². The van der Waals surface area contributed by atoms with Crippen LogP contribution in [0.3, 0.4) is 0 Å². The molecule has 4 nitrogen and oxygen atoms in total. The molecular weight excluding hydrogens is 407 g/mol. The number of carbonyl (C=O) groups excluding carboxylic acids is 1. The zero-order valence-electron chi connectivity index (χ0n) is 15.8. The van der Waals surface area contributed by atoms with Gasteiger partial charge in [0.2, 0.25) is 0 Å². The van der Waals surface area contributed by atoms with Gasteiger partial charge in [-0.2, -0.15) is 0 Å². The first kappa shape index (κ1) is 20.8. The predicted molar refractivity (Wildman–Crippen MR) is 110 cm³/mol. The van der Waals surface area contributed by atoms with Crippen molar-refractivity contribution in [2.24, 2.45) is 0 Å². The number of hydrogen-bond acceptors (Lipinski definition) is 4. The van der Waals surface area contributed by atoms with Gasteiger partial charge >= 0.3 is 167 Å². The molecule has 5 heteroatoms. The number of ether oxygens (including phenoxy) is 3. The molecular formula is C22H24O4Se. The number of benzene rings is 2. The monoisotopic (exact) mass is 432 g/mol. The van der Waals surface area contributed by atoms with Gasteiger partial charge in [0.1, 0.15) is 0 Å². The molecule has 2 aromatic carbocycles. The molecule has 0 aromatic heterocycles. The van der Waals surface area contributed by atoms with Crippen molar-refractivity contribution < 1.29 is 19.0 Å². The van der Waals surface area contributed by atoms with Crippen molar-refractivity contribution in [1.29, 1.82) is 0 Å². The third-order valence-electron chi connectivity index (χ3n) is 3.81. The third-order valence-corrected chi connectivity index (χ3v) is 5.94. The molecule has 0 aliphatic carbocycles. The second-order valence-corrected chi connectivity index (χ2v) is 8.02. The predicted octanol–water partition coefficient (Wildman–Crippen LogP) is 3.65. The van der Waals surface area contributed by atoms with Crippen LogP contribution in [0.25, 0.3) is 6.08 Å². The van der Waals surface area contributed by atoms with Crippen LogP contribution in [0, 0.1) is 0 Å². The van der Waals surface area contributed by atoms with Crippen LogP contribution in [0.1, 0.15) is 12.0 Å². The summed E-state index contributed by atoms with van der Waals surface area (Å²) in [6.07, 6.45) is 6.14. The number of carbonyl (C=O) groups is 1. The number of methoxy groups -OCH3 is 3. The standard InChI is InChI=1S/C22H24O4Se/c1-24-20-11-7-8-18(22(20)26-3)16-17(12-13-21(23)25-2)14-15-27-19-9-5-4-6-10-19/h4-13,16H,14-15H2,1-3H3/b13-12+,17-16-. The molecule has 142 valence electrons. The quantitative estimate of drug-likeness (QED) is 0.263. The van der Waals surface area contributed by atoms with Gasteiger partial charge in [0, 0.05) is 0 Å². The fourth-order valence-corrected chi connectivity index (χ4v) is 4.41. The molecule has 2 aromatic rings. The summed E-state index contributed by atoms with van der Waals surface area (Å²) < 4.78 is 17.0. The third kappa shape index (κ3) is 6.63. The number of hydrogen-bond donors (Lipinski definition) is 0. The van der Waals surface area contributed by atoms with Gasteiger partial charge < -0.3 is 0 Å². The zero-order chi connectivity index (χ0) is 19.5. The van der Waals surface area contributed by atoms with Crippen LogP contribution in [0.5, 0.6) is 11.5 Å². The molecule has 0 heterocycles. The number of allylic oxidation sites excluding steroid dienone is 2. The van der Waals surface area contributed by atoms with Gasteiger partial charge in [-0.25, -0.2) is 0 Å².